The van der Waals surface area contributed by atoms with E-state index >= 15 is 0 Å². The van der Waals surface area contributed by atoms with Crippen LogP contribution in [0, 0.1) is 6.92 Å². The number of pyridine rings is 1. The van der Waals surface area contributed by atoms with Crippen LogP contribution < -0.4 is 16.0 Å². The van der Waals surface area contributed by atoms with Crippen molar-refractivity contribution in [3.8, 4) is 0 Å². The molecule has 0 unspecified atom stereocenters. The fourth-order valence-corrected chi connectivity index (χ4v) is 1.70. The highest BCUT2D eigenvalue weighted by molar-refractivity contribution is 5.81. The number of anilines is 2. The van der Waals surface area contributed by atoms with Gasteiger partial charge >= 0.3 is 0 Å². The Morgan fingerprint density at radius 2 is 2.29 bits per heavy atom. The standard InChI is InChI=1S/C12H20N4O/c1-4-5-16(8-11(17)14-3)12-9(2)6-10(13)7-15-12/h6-7H,4-5,8,13H2,1-3H3,(H,14,17). The molecule has 3 N–H and O–H groups in total. The number of nitrogens with one attached hydrogen (secondary N) is 1. The van der Waals surface area contributed by atoms with E-state index in [4.69, 9.17) is 5.73 Å². The topological polar surface area (TPSA) is 71.2 Å². The number of amides is 1. The summed E-state index contributed by atoms with van der Waals surface area (Å²) in [5.41, 5.74) is 7.30. The number of nitrogens with two attached hydrogens (primary N) is 1. The van der Waals surface area contributed by atoms with E-state index in [-0.39, 0.29) is 5.91 Å². The Balaban J connectivity index is 2.92. The third-order valence-electron chi connectivity index (χ3n) is 2.48. The van der Waals surface area contributed by atoms with Crippen LogP contribution >= 0.6 is 0 Å². The summed E-state index contributed by atoms with van der Waals surface area (Å²) in [5.74, 6) is 0.807. The summed E-state index contributed by atoms with van der Waals surface area (Å²) >= 11 is 0. The zero-order valence-electron chi connectivity index (χ0n) is 10.7. The van der Waals surface area contributed by atoms with Gasteiger partial charge in [0.2, 0.25) is 5.91 Å². The first-order valence-electron chi connectivity index (χ1n) is 5.76. The normalized spacial score (nSPS) is 10.1. The average molecular weight is 236 g/mol. The first-order chi connectivity index (χ1) is 8.08. The number of carbonyl (C=O) groups is 1. The molecule has 94 valence electrons. The molecule has 5 nitrogen and oxygen atoms in total. The smallest absolute Gasteiger partial charge is 0.239 e. The molecule has 5 heteroatoms. The number of carbonyl (C=O) groups excluding carboxylic acids is 1. The number of likely N-dealkylation sites (N-methyl/N-ethyl adjacent to an activating group) is 1. The van der Waals surface area contributed by atoms with E-state index in [1.54, 1.807) is 13.2 Å². The molecule has 1 heterocycles. The maximum Gasteiger partial charge on any atom is 0.239 e. The van der Waals surface area contributed by atoms with Crippen molar-refractivity contribution in [1.29, 1.82) is 0 Å². The lowest BCUT2D eigenvalue weighted by molar-refractivity contribution is -0.119. The molecule has 0 aliphatic carbocycles. The van der Waals surface area contributed by atoms with E-state index < -0.39 is 0 Å². The first kappa shape index (κ1) is 13.3. The van der Waals surface area contributed by atoms with Crippen molar-refractivity contribution >= 4 is 17.4 Å². The second kappa shape index (κ2) is 6.08. The van der Waals surface area contributed by atoms with E-state index in [1.165, 1.54) is 0 Å². The summed E-state index contributed by atoms with van der Waals surface area (Å²) in [6, 6.07) is 1.87. The molecule has 0 fully saturated rings. The van der Waals surface area contributed by atoms with Gasteiger partial charge in [0.05, 0.1) is 18.4 Å². The van der Waals surface area contributed by atoms with Crippen LogP contribution in [0.15, 0.2) is 12.3 Å². The first-order valence-corrected chi connectivity index (χ1v) is 5.76. The van der Waals surface area contributed by atoms with Gasteiger partial charge in [0.1, 0.15) is 5.82 Å². The molecule has 1 amide bonds. The van der Waals surface area contributed by atoms with E-state index in [9.17, 15) is 4.79 Å². The van der Waals surface area contributed by atoms with Crippen molar-refractivity contribution in [1.82, 2.24) is 10.3 Å². The van der Waals surface area contributed by atoms with Gasteiger partial charge in [-0.05, 0) is 25.0 Å². The maximum atomic E-state index is 11.4. The molecular weight excluding hydrogens is 216 g/mol. The lowest BCUT2D eigenvalue weighted by atomic mass is 10.2. The number of hydrogen-bond donors (Lipinski definition) is 2. The van der Waals surface area contributed by atoms with Crippen molar-refractivity contribution in [2.45, 2.75) is 20.3 Å². The summed E-state index contributed by atoms with van der Waals surface area (Å²) in [7, 11) is 1.63. The highest BCUT2D eigenvalue weighted by atomic mass is 16.1. The Morgan fingerprint density at radius 3 is 2.82 bits per heavy atom. The van der Waals surface area contributed by atoms with Crippen molar-refractivity contribution in [3.63, 3.8) is 0 Å². The van der Waals surface area contributed by atoms with Gasteiger partial charge in [-0.3, -0.25) is 4.79 Å². The Kier molecular flexibility index (Phi) is 4.75. The minimum absolute atomic E-state index is 0.0172. The Hall–Kier alpha value is -1.78. The second-order valence-electron chi connectivity index (χ2n) is 4.00. The molecule has 0 saturated carbocycles. The van der Waals surface area contributed by atoms with E-state index in [2.05, 4.69) is 17.2 Å². The number of aryl methyl sites for hydroxylation is 1. The fraction of sp³-hybridized carbons (Fsp3) is 0.500. The Bertz CT molecular complexity index is 392. The molecule has 17 heavy (non-hydrogen) atoms. The van der Waals surface area contributed by atoms with Gasteiger partial charge in [-0.15, -0.1) is 0 Å². The summed E-state index contributed by atoms with van der Waals surface area (Å²) in [5, 5.41) is 2.62. The van der Waals surface area contributed by atoms with Gasteiger partial charge in [0, 0.05) is 13.6 Å². The molecule has 0 atom stereocenters. The van der Waals surface area contributed by atoms with Gasteiger partial charge in [0.25, 0.3) is 0 Å². The minimum atomic E-state index is -0.0172. The van der Waals surface area contributed by atoms with Gasteiger partial charge in [-0.2, -0.15) is 0 Å². The number of hydrogen-bond acceptors (Lipinski definition) is 4. The summed E-state index contributed by atoms with van der Waals surface area (Å²) in [6.45, 7) is 5.14. The summed E-state index contributed by atoms with van der Waals surface area (Å²) in [4.78, 5) is 17.7. The molecule has 0 aliphatic rings. The molecular formula is C12H20N4O. The quantitative estimate of drug-likeness (QED) is 0.798. The van der Waals surface area contributed by atoms with Crippen molar-refractivity contribution in [2.24, 2.45) is 0 Å². The van der Waals surface area contributed by atoms with Crippen LogP contribution in [0.25, 0.3) is 0 Å². The van der Waals surface area contributed by atoms with Crippen LogP contribution in [0.1, 0.15) is 18.9 Å². The predicted octanol–water partition coefficient (Wildman–Crippen LogP) is 0.935. The Morgan fingerprint density at radius 1 is 1.59 bits per heavy atom. The zero-order valence-corrected chi connectivity index (χ0v) is 10.7. The third kappa shape index (κ3) is 3.62. The molecule has 0 bridgehead atoms. The summed E-state index contributed by atoms with van der Waals surface area (Å²) in [6.07, 6.45) is 2.58. The van der Waals surface area contributed by atoms with E-state index in [0.29, 0.717) is 12.2 Å². The maximum absolute atomic E-state index is 11.4. The number of aromatic nitrogens is 1. The van der Waals surface area contributed by atoms with E-state index in [1.807, 2.05) is 17.9 Å². The van der Waals surface area contributed by atoms with Crippen molar-refractivity contribution < 1.29 is 4.79 Å². The van der Waals surface area contributed by atoms with Crippen LogP contribution in [0.3, 0.4) is 0 Å². The number of nitrogens with zero attached hydrogens (tertiary/aromatic N) is 2. The van der Waals surface area contributed by atoms with Crippen LogP contribution in [-0.4, -0.2) is 31.0 Å². The van der Waals surface area contributed by atoms with Gasteiger partial charge in [-0.25, -0.2) is 4.98 Å². The number of rotatable bonds is 5. The van der Waals surface area contributed by atoms with Gasteiger partial charge < -0.3 is 16.0 Å². The molecule has 0 radical (unpaired) electrons. The largest absolute Gasteiger partial charge is 0.397 e. The fourth-order valence-electron chi connectivity index (χ4n) is 1.70. The monoisotopic (exact) mass is 236 g/mol. The van der Waals surface area contributed by atoms with Crippen LogP contribution in [0.2, 0.25) is 0 Å². The molecule has 1 aromatic rings. The molecule has 0 spiro atoms. The van der Waals surface area contributed by atoms with Crippen molar-refractivity contribution in [2.75, 3.05) is 30.8 Å². The highest BCUT2D eigenvalue weighted by Gasteiger charge is 2.13. The lowest BCUT2D eigenvalue weighted by Crippen LogP contribution is -2.37. The molecule has 0 aromatic carbocycles. The molecule has 1 rings (SSSR count). The van der Waals surface area contributed by atoms with Crippen LogP contribution in [0.4, 0.5) is 11.5 Å². The SMILES string of the molecule is CCCN(CC(=O)NC)c1ncc(N)cc1C. The second-order valence-corrected chi connectivity index (χ2v) is 4.00. The lowest BCUT2D eigenvalue weighted by Gasteiger charge is -2.23. The van der Waals surface area contributed by atoms with Crippen LogP contribution in [-0.2, 0) is 4.79 Å². The molecule has 0 aliphatic heterocycles. The number of nitrogen functional groups attached to an aromatic ring is 1. The molecule has 1 aromatic heterocycles. The summed E-state index contributed by atoms with van der Waals surface area (Å²) < 4.78 is 0. The van der Waals surface area contributed by atoms with Crippen LogP contribution in [0.5, 0.6) is 0 Å². The highest BCUT2D eigenvalue weighted by Crippen LogP contribution is 2.18. The molecule has 0 saturated heterocycles. The average Bonchev–Trinajstić information content (AvgIpc) is 2.28. The minimum Gasteiger partial charge on any atom is -0.397 e. The van der Waals surface area contributed by atoms with Gasteiger partial charge in [-0.1, -0.05) is 6.92 Å². The third-order valence-corrected chi connectivity index (χ3v) is 2.48. The Labute approximate surface area is 102 Å². The van der Waals surface area contributed by atoms with Crippen molar-refractivity contribution in [3.05, 3.63) is 17.8 Å². The zero-order chi connectivity index (χ0) is 12.8. The van der Waals surface area contributed by atoms with Gasteiger partial charge in [0.15, 0.2) is 0 Å². The van der Waals surface area contributed by atoms with E-state index in [0.717, 1.165) is 24.3 Å². The predicted molar refractivity (Wildman–Crippen MR) is 70.0 cm³/mol.